The number of carbonyl (C=O) groups excluding carboxylic acids is 2. The highest BCUT2D eigenvalue weighted by Crippen LogP contribution is 2.34. The number of para-hydroxylation sites is 1. The summed E-state index contributed by atoms with van der Waals surface area (Å²) in [5.41, 5.74) is 1.06. The molecular weight excluding hydrogens is 415 g/mol. The number of anilines is 2. The van der Waals surface area contributed by atoms with Gasteiger partial charge in [-0.1, -0.05) is 13.0 Å². The van der Waals surface area contributed by atoms with Crippen molar-refractivity contribution in [1.29, 1.82) is 0 Å². The van der Waals surface area contributed by atoms with Gasteiger partial charge in [-0.25, -0.2) is 9.18 Å². The van der Waals surface area contributed by atoms with Gasteiger partial charge in [-0.15, -0.1) is 0 Å². The lowest BCUT2D eigenvalue weighted by molar-refractivity contribution is 0.0417. The summed E-state index contributed by atoms with van der Waals surface area (Å²) in [5, 5.41) is 18.1. The van der Waals surface area contributed by atoms with Gasteiger partial charge in [0.25, 0.3) is 5.91 Å². The minimum Gasteiger partial charge on any atom is -0.486 e. The Morgan fingerprint density at radius 2 is 1.97 bits per heavy atom. The van der Waals surface area contributed by atoms with Crippen molar-refractivity contribution < 1.29 is 23.8 Å². The van der Waals surface area contributed by atoms with Gasteiger partial charge in [-0.3, -0.25) is 4.79 Å². The number of aliphatic hydroxyl groups is 1. The van der Waals surface area contributed by atoms with E-state index in [1.165, 1.54) is 24.3 Å². The summed E-state index contributed by atoms with van der Waals surface area (Å²) in [6.07, 6.45) is -0.275. The molecule has 9 heteroatoms. The van der Waals surface area contributed by atoms with E-state index in [9.17, 15) is 19.1 Å². The van der Waals surface area contributed by atoms with Crippen molar-refractivity contribution in [3.63, 3.8) is 0 Å². The number of aliphatic hydroxyl groups excluding tert-OH is 1. The first-order valence-corrected chi connectivity index (χ1v) is 10.5. The maximum absolute atomic E-state index is 13.3. The van der Waals surface area contributed by atoms with Gasteiger partial charge in [0.1, 0.15) is 11.9 Å². The van der Waals surface area contributed by atoms with E-state index in [0.29, 0.717) is 30.0 Å². The lowest BCUT2D eigenvalue weighted by atomic mass is 9.99. The molecule has 0 aromatic heterocycles. The van der Waals surface area contributed by atoms with Gasteiger partial charge in [0.2, 0.25) is 0 Å². The van der Waals surface area contributed by atoms with Gasteiger partial charge in [0, 0.05) is 24.7 Å². The summed E-state index contributed by atoms with van der Waals surface area (Å²) < 4.78 is 19.4. The van der Waals surface area contributed by atoms with Crippen molar-refractivity contribution in [3.8, 4) is 5.75 Å². The summed E-state index contributed by atoms with van der Waals surface area (Å²) in [4.78, 5) is 27.5. The molecule has 0 saturated heterocycles. The first-order valence-electron chi connectivity index (χ1n) is 10.5. The Morgan fingerprint density at radius 3 is 2.62 bits per heavy atom. The quantitative estimate of drug-likeness (QED) is 0.549. The fourth-order valence-corrected chi connectivity index (χ4v) is 3.60. The Bertz CT molecular complexity index is 954. The van der Waals surface area contributed by atoms with E-state index >= 15 is 0 Å². The molecule has 172 valence electrons. The van der Waals surface area contributed by atoms with Crippen LogP contribution in [0.3, 0.4) is 0 Å². The van der Waals surface area contributed by atoms with Crippen molar-refractivity contribution >= 4 is 23.3 Å². The first-order chi connectivity index (χ1) is 15.3. The van der Waals surface area contributed by atoms with Crippen LogP contribution in [0.1, 0.15) is 24.2 Å². The number of carbonyl (C=O) groups is 2. The van der Waals surface area contributed by atoms with E-state index in [2.05, 4.69) is 16.0 Å². The number of hydrogen-bond donors (Lipinski definition) is 4. The Labute approximate surface area is 186 Å². The average Bonchev–Trinajstić information content (AvgIpc) is 2.77. The van der Waals surface area contributed by atoms with Crippen LogP contribution in [0.2, 0.25) is 0 Å². The van der Waals surface area contributed by atoms with Crippen LogP contribution in [0.5, 0.6) is 5.75 Å². The maximum Gasteiger partial charge on any atom is 0.323 e. The van der Waals surface area contributed by atoms with Crippen LogP contribution in [0, 0.1) is 11.7 Å². The zero-order chi connectivity index (χ0) is 23.3. The van der Waals surface area contributed by atoms with Crippen LogP contribution in [-0.2, 0) is 0 Å². The fourth-order valence-electron chi connectivity index (χ4n) is 3.60. The van der Waals surface area contributed by atoms with E-state index < -0.39 is 11.8 Å². The SMILES string of the molecule is CNC[C@@H]1Oc2c(NC(=O)Nc3ccc(F)cc3)cccc2C(=O)N([C@@H](C)CO)C[C@H]1C. The highest BCUT2D eigenvalue weighted by Gasteiger charge is 2.33. The van der Waals surface area contributed by atoms with Crippen LogP contribution < -0.4 is 20.7 Å². The van der Waals surface area contributed by atoms with Crippen LogP contribution in [0.25, 0.3) is 0 Å². The molecule has 3 atom stereocenters. The number of ether oxygens (including phenoxy) is 1. The average molecular weight is 445 g/mol. The number of hydrogen-bond acceptors (Lipinski definition) is 5. The van der Waals surface area contributed by atoms with E-state index in [1.54, 1.807) is 30.0 Å². The van der Waals surface area contributed by atoms with Gasteiger partial charge in [0.05, 0.1) is 23.9 Å². The Morgan fingerprint density at radius 1 is 1.25 bits per heavy atom. The molecule has 1 heterocycles. The summed E-state index contributed by atoms with van der Waals surface area (Å²) in [6, 6.07) is 9.42. The number of likely N-dealkylation sites (N-methyl/N-ethyl adjacent to an activating group) is 1. The highest BCUT2D eigenvalue weighted by atomic mass is 19.1. The van der Waals surface area contributed by atoms with E-state index in [4.69, 9.17) is 4.74 Å². The van der Waals surface area contributed by atoms with Crippen molar-refractivity contribution in [2.75, 3.05) is 37.4 Å². The molecular formula is C23H29FN4O4. The summed E-state index contributed by atoms with van der Waals surface area (Å²) >= 11 is 0. The third-order valence-electron chi connectivity index (χ3n) is 5.45. The number of amides is 3. The molecule has 0 aliphatic carbocycles. The lowest BCUT2D eigenvalue weighted by Crippen LogP contribution is -2.49. The predicted octanol–water partition coefficient (Wildman–Crippen LogP) is 2.91. The molecule has 0 radical (unpaired) electrons. The second-order valence-corrected chi connectivity index (χ2v) is 7.95. The van der Waals surface area contributed by atoms with E-state index in [1.807, 2.05) is 14.0 Å². The molecule has 32 heavy (non-hydrogen) atoms. The minimum absolute atomic E-state index is 0.0327. The number of fused-ring (bicyclic) bond motifs is 1. The molecule has 2 aromatic rings. The topological polar surface area (TPSA) is 103 Å². The molecule has 0 bridgehead atoms. The number of benzene rings is 2. The highest BCUT2D eigenvalue weighted by molar-refractivity contribution is 6.04. The Kier molecular flexibility index (Phi) is 7.66. The Hall–Kier alpha value is -3.17. The van der Waals surface area contributed by atoms with Crippen LogP contribution >= 0.6 is 0 Å². The normalized spacial score (nSPS) is 19.3. The molecule has 1 aliphatic heterocycles. The predicted molar refractivity (Wildman–Crippen MR) is 121 cm³/mol. The number of rotatable bonds is 6. The summed E-state index contributed by atoms with van der Waals surface area (Å²) in [7, 11) is 1.81. The van der Waals surface area contributed by atoms with Gasteiger partial charge in [-0.05, 0) is 50.4 Å². The van der Waals surface area contributed by atoms with Crippen molar-refractivity contribution in [2.45, 2.75) is 26.0 Å². The summed E-state index contributed by atoms with van der Waals surface area (Å²) in [5.74, 6) is -0.444. The smallest absolute Gasteiger partial charge is 0.323 e. The molecule has 4 N–H and O–H groups in total. The molecule has 0 fully saturated rings. The van der Waals surface area contributed by atoms with Crippen molar-refractivity contribution in [1.82, 2.24) is 10.2 Å². The molecule has 2 aromatic carbocycles. The molecule has 1 aliphatic rings. The molecule has 8 nitrogen and oxygen atoms in total. The second-order valence-electron chi connectivity index (χ2n) is 7.95. The molecule has 0 unspecified atom stereocenters. The number of urea groups is 1. The minimum atomic E-state index is -0.554. The van der Waals surface area contributed by atoms with E-state index in [0.717, 1.165) is 0 Å². The Balaban J connectivity index is 1.93. The zero-order valence-electron chi connectivity index (χ0n) is 18.4. The molecule has 0 saturated carbocycles. The number of nitrogens with zero attached hydrogens (tertiary/aromatic N) is 1. The molecule has 3 amide bonds. The van der Waals surface area contributed by atoms with Gasteiger partial charge < -0.3 is 30.7 Å². The maximum atomic E-state index is 13.3. The van der Waals surface area contributed by atoms with Crippen LogP contribution in [-0.4, -0.2) is 60.8 Å². The third kappa shape index (κ3) is 5.35. The lowest BCUT2D eigenvalue weighted by Gasteiger charge is -2.37. The number of halogens is 1. The van der Waals surface area contributed by atoms with Crippen molar-refractivity contribution in [2.24, 2.45) is 5.92 Å². The summed E-state index contributed by atoms with van der Waals surface area (Å²) in [6.45, 7) is 4.57. The third-order valence-corrected chi connectivity index (χ3v) is 5.45. The monoisotopic (exact) mass is 444 g/mol. The zero-order valence-corrected chi connectivity index (χ0v) is 18.4. The first kappa shape index (κ1) is 23.5. The van der Waals surface area contributed by atoms with Crippen LogP contribution in [0.15, 0.2) is 42.5 Å². The van der Waals surface area contributed by atoms with E-state index in [-0.39, 0.29) is 36.3 Å². The standard InChI is InChI=1S/C23H29FN4O4/c1-14-12-28(15(2)13-29)22(30)18-5-4-6-19(21(18)32-20(14)11-25-3)27-23(31)26-17-9-7-16(24)8-10-17/h4-10,14-15,20,25,29H,11-13H2,1-3H3,(H2,26,27,31)/t14-,15+,20+/m1/s1. The van der Waals surface area contributed by atoms with Crippen molar-refractivity contribution in [3.05, 3.63) is 53.8 Å². The largest absolute Gasteiger partial charge is 0.486 e. The fraction of sp³-hybridized carbons (Fsp3) is 0.391. The molecule has 3 rings (SSSR count). The molecule has 0 spiro atoms. The van der Waals surface area contributed by atoms with Gasteiger partial charge in [-0.2, -0.15) is 0 Å². The second kappa shape index (κ2) is 10.4. The van der Waals surface area contributed by atoms with Crippen LogP contribution in [0.4, 0.5) is 20.6 Å². The number of nitrogens with one attached hydrogen (secondary N) is 3. The van der Waals surface area contributed by atoms with Gasteiger partial charge >= 0.3 is 6.03 Å². The van der Waals surface area contributed by atoms with Gasteiger partial charge in [0.15, 0.2) is 5.75 Å².